The third kappa shape index (κ3) is 4.90. The number of amides is 3. The Morgan fingerprint density at radius 3 is 2.72 bits per heavy atom. The second-order valence-electron chi connectivity index (χ2n) is 6.39. The largest absolute Gasteiger partial charge is 0.370 e. The zero-order valence-corrected chi connectivity index (χ0v) is 14.1. The molecule has 1 aromatic carbocycles. The van der Waals surface area contributed by atoms with Crippen molar-refractivity contribution in [3.63, 3.8) is 0 Å². The third-order valence-electron chi connectivity index (χ3n) is 4.56. The van der Waals surface area contributed by atoms with Crippen LogP contribution < -0.4 is 20.4 Å². The summed E-state index contributed by atoms with van der Waals surface area (Å²) < 4.78 is 18.3. The molecule has 0 aliphatic carbocycles. The fourth-order valence-electron chi connectivity index (χ4n) is 3.17. The first-order valence-corrected chi connectivity index (χ1v) is 8.63. The maximum Gasteiger partial charge on any atom is 0.315 e. The number of hydrogen-bond acceptors (Lipinski definition) is 3. The Labute approximate surface area is 146 Å². The van der Waals surface area contributed by atoms with Gasteiger partial charge in [-0.3, -0.25) is 4.79 Å². The molecule has 2 heterocycles. The average molecular weight is 351 g/mol. The Kier molecular flexibility index (Phi) is 5.83. The van der Waals surface area contributed by atoms with Gasteiger partial charge in [0.05, 0.1) is 32.3 Å². The van der Waals surface area contributed by atoms with Gasteiger partial charge in [0.15, 0.2) is 0 Å². The van der Waals surface area contributed by atoms with E-state index in [4.69, 9.17) is 4.74 Å². The molecular weight excluding hydrogens is 327 g/mol. The lowest BCUT2D eigenvalue weighted by molar-refractivity contribution is -0.906. The number of halogens is 1. The molecule has 0 unspecified atom stereocenters. The first-order chi connectivity index (χ1) is 12.1. The van der Waals surface area contributed by atoms with E-state index in [-0.39, 0.29) is 30.2 Å². The molecule has 3 amide bonds. The van der Waals surface area contributed by atoms with E-state index >= 15 is 0 Å². The zero-order chi connectivity index (χ0) is 17.6. The van der Waals surface area contributed by atoms with E-state index in [9.17, 15) is 14.0 Å². The van der Waals surface area contributed by atoms with Gasteiger partial charge in [0.1, 0.15) is 18.9 Å². The molecule has 2 fully saturated rings. The van der Waals surface area contributed by atoms with Crippen molar-refractivity contribution in [3.05, 3.63) is 30.1 Å². The summed E-state index contributed by atoms with van der Waals surface area (Å²) >= 11 is 0. The van der Waals surface area contributed by atoms with Crippen LogP contribution in [0.3, 0.4) is 0 Å². The van der Waals surface area contributed by atoms with E-state index in [2.05, 4.69) is 10.6 Å². The highest BCUT2D eigenvalue weighted by Crippen LogP contribution is 2.21. The smallest absolute Gasteiger partial charge is 0.315 e. The van der Waals surface area contributed by atoms with Crippen molar-refractivity contribution in [1.29, 1.82) is 0 Å². The van der Waals surface area contributed by atoms with Crippen molar-refractivity contribution in [2.45, 2.75) is 12.5 Å². The van der Waals surface area contributed by atoms with Gasteiger partial charge >= 0.3 is 6.03 Å². The van der Waals surface area contributed by atoms with Crippen LogP contribution in [0.1, 0.15) is 6.42 Å². The van der Waals surface area contributed by atoms with Gasteiger partial charge in [-0.25, -0.2) is 9.18 Å². The van der Waals surface area contributed by atoms with Crippen LogP contribution in [0.5, 0.6) is 0 Å². The van der Waals surface area contributed by atoms with Gasteiger partial charge < -0.3 is 25.2 Å². The Morgan fingerprint density at radius 2 is 2.00 bits per heavy atom. The van der Waals surface area contributed by atoms with E-state index < -0.39 is 0 Å². The fourth-order valence-corrected chi connectivity index (χ4v) is 3.17. The number of carbonyl (C=O) groups excluding carboxylic acids is 2. The summed E-state index contributed by atoms with van der Waals surface area (Å²) in [6, 6.07) is 5.29. The highest BCUT2D eigenvalue weighted by Gasteiger charge is 2.31. The summed E-state index contributed by atoms with van der Waals surface area (Å²) in [5.41, 5.74) is 0.645. The monoisotopic (exact) mass is 351 g/mol. The van der Waals surface area contributed by atoms with Crippen LogP contribution in [-0.2, 0) is 9.53 Å². The maximum atomic E-state index is 13.0. The maximum absolute atomic E-state index is 13.0. The lowest BCUT2D eigenvalue weighted by Crippen LogP contribution is -3.14. The Bertz CT molecular complexity index is 604. The number of morpholine rings is 1. The number of carbonyl (C=O) groups is 2. The summed E-state index contributed by atoms with van der Waals surface area (Å²) in [5.74, 6) is -0.415. The molecule has 0 aromatic heterocycles. The SMILES string of the molecule is O=C(NCC[NH+]1CCOCC1)N[C@@H]1CC(=O)N(c2ccc(F)cc2)C1. The molecule has 0 radical (unpaired) electrons. The molecule has 0 spiro atoms. The van der Waals surface area contributed by atoms with Gasteiger partial charge in [-0.2, -0.15) is 0 Å². The lowest BCUT2D eigenvalue weighted by atomic mass is 10.2. The molecule has 8 heteroatoms. The molecule has 3 rings (SSSR count). The van der Waals surface area contributed by atoms with E-state index in [0.717, 1.165) is 32.8 Å². The summed E-state index contributed by atoms with van der Waals surface area (Å²) in [6.45, 7) is 5.31. The lowest BCUT2D eigenvalue weighted by Gasteiger charge is -2.23. The molecule has 0 bridgehead atoms. The minimum absolute atomic E-state index is 0.0744. The Balaban J connectivity index is 1.41. The van der Waals surface area contributed by atoms with Crippen LogP contribution in [0.25, 0.3) is 0 Å². The van der Waals surface area contributed by atoms with Crippen molar-refractivity contribution in [3.8, 4) is 0 Å². The Morgan fingerprint density at radius 1 is 1.28 bits per heavy atom. The number of urea groups is 1. The van der Waals surface area contributed by atoms with Crippen LogP contribution in [0, 0.1) is 5.82 Å². The van der Waals surface area contributed by atoms with Crippen molar-refractivity contribution < 1.29 is 23.6 Å². The van der Waals surface area contributed by atoms with Gasteiger partial charge in [0, 0.05) is 18.7 Å². The van der Waals surface area contributed by atoms with Crippen LogP contribution >= 0.6 is 0 Å². The molecular formula is C17H24FN4O3+. The van der Waals surface area contributed by atoms with Crippen molar-refractivity contribution in [2.24, 2.45) is 0 Å². The van der Waals surface area contributed by atoms with Crippen LogP contribution in [0.4, 0.5) is 14.9 Å². The molecule has 2 aliphatic rings. The third-order valence-corrected chi connectivity index (χ3v) is 4.56. The Hall–Kier alpha value is -2.19. The minimum Gasteiger partial charge on any atom is -0.370 e. The highest BCUT2D eigenvalue weighted by molar-refractivity contribution is 5.96. The van der Waals surface area contributed by atoms with Crippen molar-refractivity contribution in [2.75, 3.05) is 50.8 Å². The number of rotatable bonds is 5. The summed E-state index contributed by atoms with van der Waals surface area (Å²) in [6.07, 6.45) is 0.250. The fraction of sp³-hybridized carbons (Fsp3) is 0.529. The van der Waals surface area contributed by atoms with E-state index in [1.807, 2.05) is 0 Å². The summed E-state index contributed by atoms with van der Waals surface area (Å²) in [4.78, 5) is 27.1. The molecule has 0 saturated carbocycles. The summed E-state index contributed by atoms with van der Waals surface area (Å²) in [5, 5.41) is 5.68. The normalized spacial score (nSPS) is 21.4. The number of anilines is 1. The first kappa shape index (κ1) is 17.6. The second kappa shape index (κ2) is 8.26. The molecule has 3 N–H and O–H groups in total. The molecule has 1 atom stereocenters. The second-order valence-corrected chi connectivity index (χ2v) is 6.39. The van der Waals surface area contributed by atoms with E-state index in [0.29, 0.717) is 18.8 Å². The first-order valence-electron chi connectivity index (χ1n) is 8.63. The van der Waals surface area contributed by atoms with Crippen LogP contribution in [0.2, 0.25) is 0 Å². The summed E-state index contributed by atoms with van der Waals surface area (Å²) in [7, 11) is 0. The number of ether oxygens (including phenoxy) is 1. The number of benzene rings is 1. The predicted octanol–water partition coefficient (Wildman–Crippen LogP) is -0.855. The number of nitrogens with one attached hydrogen (secondary N) is 3. The molecule has 2 saturated heterocycles. The number of hydrogen-bond donors (Lipinski definition) is 3. The number of quaternary nitrogens is 1. The molecule has 7 nitrogen and oxygen atoms in total. The minimum atomic E-state index is -0.341. The van der Waals surface area contributed by atoms with Crippen molar-refractivity contribution >= 4 is 17.6 Å². The van der Waals surface area contributed by atoms with Crippen molar-refractivity contribution in [1.82, 2.24) is 10.6 Å². The van der Waals surface area contributed by atoms with Gasteiger partial charge in [-0.15, -0.1) is 0 Å². The zero-order valence-electron chi connectivity index (χ0n) is 14.1. The molecule has 25 heavy (non-hydrogen) atoms. The van der Waals surface area contributed by atoms with Gasteiger partial charge in [0.25, 0.3) is 0 Å². The van der Waals surface area contributed by atoms with Gasteiger partial charge in [-0.05, 0) is 24.3 Å². The standard InChI is InChI=1S/C17H23FN4O3/c18-13-1-3-15(4-2-13)22-12-14(11-16(22)23)20-17(24)19-5-6-21-7-9-25-10-8-21/h1-4,14H,5-12H2,(H2,19,20,24)/p+1/t14-/m1/s1. The van der Waals surface area contributed by atoms with Gasteiger partial charge in [0.2, 0.25) is 5.91 Å². The average Bonchev–Trinajstić information content (AvgIpc) is 2.96. The number of nitrogens with zero attached hydrogens (tertiary/aromatic N) is 1. The molecule has 2 aliphatic heterocycles. The highest BCUT2D eigenvalue weighted by atomic mass is 19.1. The van der Waals surface area contributed by atoms with E-state index in [1.54, 1.807) is 17.0 Å². The molecule has 1 aromatic rings. The van der Waals surface area contributed by atoms with Gasteiger partial charge in [-0.1, -0.05) is 0 Å². The topological polar surface area (TPSA) is 75.1 Å². The predicted molar refractivity (Wildman–Crippen MR) is 90.1 cm³/mol. The molecule has 136 valence electrons. The van der Waals surface area contributed by atoms with E-state index in [1.165, 1.54) is 17.0 Å². The van der Waals surface area contributed by atoms with Crippen LogP contribution in [-0.4, -0.2) is 63.9 Å². The van der Waals surface area contributed by atoms with Crippen LogP contribution in [0.15, 0.2) is 24.3 Å². The quantitative estimate of drug-likeness (QED) is 0.647.